The number of rotatable bonds is 10. The van der Waals surface area contributed by atoms with Gasteiger partial charge in [-0.3, -0.25) is 0 Å². The van der Waals surface area contributed by atoms with E-state index in [9.17, 15) is 0 Å². The zero-order chi connectivity index (χ0) is 28.9. The third-order valence-corrected chi connectivity index (χ3v) is 8.15. The second-order valence-corrected chi connectivity index (χ2v) is 11.3. The van der Waals surface area contributed by atoms with E-state index in [1.54, 1.807) is 0 Å². The Morgan fingerprint density at radius 3 is 1.29 bits per heavy atom. The average Bonchev–Trinajstić information content (AvgIpc) is 3.01. The Hall–Kier alpha value is -4.94. The van der Waals surface area contributed by atoms with Crippen LogP contribution in [0.25, 0.3) is 32.7 Å². The van der Waals surface area contributed by atoms with Crippen molar-refractivity contribution >= 4 is 32.7 Å². The van der Waals surface area contributed by atoms with Gasteiger partial charge in [-0.1, -0.05) is 159 Å². The first-order valence-corrected chi connectivity index (χ1v) is 14.7. The first-order valence-electron chi connectivity index (χ1n) is 14.7. The van der Waals surface area contributed by atoms with E-state index in [1.165, 1.54) is 60.5 Å². The molecule has 6 aromatic carbocycles. The number of hydrogen-bond acceptors (Lipinski definition) is 0. The van der Waals surface area contributed by atoms with Crippen molar-refractivity contribution in [3.63, 3.8) is 0 Å². The summed E-state index contributed by atoms with van der Waals surface area (Å²) in [4.78, 5) is 0. The lowest BCUT2D eigenvalue weighted by molar-refractivity contribution is 1.04. The van der Waals surface area contributed by atoms with Gasteiger partial charge >= 0.3 is 0 Å². The maximum atomic E-state index is 4.46. The fraction of sp³-hybridized carbons (Fsp3) is 0.0952. The predicted molar refractivity (Wildman–Crippen MR) is 183 cm³/mol. The summed E-state index contributed by atoms with van der Waals surface area (Å²) in [5.41, 5.74) is 11.0. The molecule has 204 valence electrons. The first-order chi connectivity index (χ1) is 20.5. The van der Waals surface area contributed by atoms with Crippen molar-refractivity contribution < 1.29 is 0 Å². The molecule has 0 saturated carbocycles. The maximum absolute atomic E-state index is 4.46. The Kier molecular flexibility index (Phi) is 7.97. The van der Waals surface area contributed by atoms with Crippen LogP contribution < -0.4 is 0 Å². The van der Waals surface area contributed by atoms with Crippen molar-refractivity contribution in [1.29, 1.82) is 0 Å². The molecule has 0 aliphatic rings. The van der Waals surface area contributed by atoms with Gasteiger partial charge in [0.25, 0.3) is 0 Å². The van der Waals surface area contributed by atoms with Gasteiger partial charge in [0.2, 0.25) is 0 Å². The highest BCUT2D eigenvalue weighted by atomic mass is 14.1. The molecule has 0 bridgehead atoms. The largest absolute Gasteiger partial charge is 0.0992 e. The van der Waals surface area contributed by atoms with Crippen molar-refractivity contribution in [2.24, 2.45) is 0 Å². The molecule has 0 radical (unpaired) electrons. The molecule has 42 heavy (non-hydrogen) atoms. The van der Waals surface area contributed by atoms with Crippen LogP contribution in [0.3, 0.4) is 0 Å². The molecular weight excluding hydrogens is 504 g/mol. The van der Waals surface area contributed by atoms with Crippen LogP contribution in [0.1, 0.15) is 33.4 Å². The van der Waals surface area contributed by atoms with E-state index < -0.39 is 0 Å². The second kappa shape index (κ2) is 12.3. The van der Waals surface area contributed by atoms with E-state index in [2.05, 4.69) is 153 Å². The Labute approximate surface area is 250 Å². The lowest BCUT2D eigenvalue weighted by atomic mass is 9.92. The van der Waals surface area contributed by atoms with Crippen LogP contribution in [0.15, 0.2) is 159 Å². The van der Waals surface area contributed by atoms with E-state index in [4.69, 9.17) is 0 Å². The molecule has 0 saturated heterocycles. The molecule has 0 N–H and O–H groups in total. The van der Waals surface area contributed by atoms with Crippen molar-refractivity contribution in [3.05, 3.63) is 192 Å². The number of benzene rings is 6. The van der Waals surface area contributed by atoms with Crippen LogP contribution in [0.5, 0.6) is 0 Å². The monoisotopic (exact) mass is 540 g/mol. The quantitative estimate of drug-likeness (QED) is 0.152. The Bertz CT molecular complexity index is 1780. The van der Waals surface area contributed by atoms with Gasteiger partial charge < -0.3 is 0 Å². The molecule has 0 heterocycles. The van der Waals surface area contributed by atoms with Crippen LogP contribution in [0.2, 0.25) is 0 Å². The van der Waals surface area contributed by atoms with Crippen molar-refractivity contribution in [1.82, 2.24) is 0 Å². The Balaban J connectivity index is 1.11. The van der Waals surface area contributed by atoms with Crippen LogP contribution in [-0.2, 0) is 25.7 Å². The minimum Gasteiger partial charge on any atom is -0.0992 e. The van der Waals surface area contributed by atoms with Crippen LogP contribution in [-0.4, -0.2) is 0 Å². The summed E-state index contributed by atoms with van der Waals surface area (Å²) in [6.07, 6.45) is 3.36. The van der Waals surface area contributed by atoms with Crippen LogP contribution >= 0.6 is 0 Å². The summed E-state index contributed by atoms with van der Waals surface area (Å²) in [7, 11) is 0. The van der Waals surface area contributed by atoms with Gasteiger partial charge in [-0.25, -0.2) is 0 Å². The normalized spacial score (nSPS) is 11.0. The van der Waals surface area contributed by atoms with Gasteiger partial charge in [0, 0.05) is 0 Å². The molecule has 0 aliphatic heterocycles. The van der Waals surface area contributed by atoms with Crippen molar-refractivity contribution in [2.45, 2.75) is 25.7 Å². The topological polar surface area (TPSA) is 0 Å². The summed E-state index contributed by atoms with van der Waals surface area (Å²) in [6, 6.07) is 47.8. The van der Waals surface area contributed by atoms with E-state index in [1.807, 2.05) is 0 Å². The molecule has 0 nitrogen and oxygen atoms in total. The molecule has 0 spiro atoms. The number of fused-ring (bicyclic) bond motifs is 2. The fourth-order valence-electron chi connectivity index (χ4n) is 6.00. The Morgan fingerprint density at radius 1 is 0.405 bits per heavy atom. The molecule has 0 amide bonds. The van der Waals surface area contributed by atoms with Gasteiger partial charge in [-0.05, 0) is 91.8 Å². The van der Waals surface area contributed by atoms with Crippen LogP contribution in [0.4, 0.5) is 0 Å². The Morgan fingerprint density at radius 2 is 0.810 bits per heavy atom. The smallest absolute Gasteiger partial charge is 0.00196 e. The number of hydrogen-bond donors (Lipinski definition) is 0. The second-order valence-electron chi connectivity index (χ2n) is 11.3. The minimum absolute atomic E-state index is 0.835. The maximum Gasteiger partial charge on any atom is -0.00196 e. The summed E-state index contributed by atoms with van der Waals surface area (Å²) >= 11 is 0. The third kappa shape index (κ3) is 6.19. The summed E-state index contributed by atoms with van der Waals surface area (Å²) in [5.74, 6) is 0. The van der Waals surface area contributed by atoms with Gasteiger partial charge in [-0.2, -0.15) is 0 Å². The van der Waals surface area contributed by atoms with Crippen LogP contribution in [0, 0.1) is 0 Å². The highest BCUT2D eigenvalue weighted by molar-refractivity contribution is 5.88. The summed E-state index contributed by atoms with van der Waals surface area (Å²) in [5, 5.41) is 5.14. The molecule has 6 rings (SSSR count). The third-order valence-electron chi connectivity index (χ3n) is 8.15. The highest BCUT2D eigenvalue weighted by Gasteiger charge is 2.09. The van der Waals surface area contributed by atoms with E-state index in [0.29, 0.717) is 0 Å². The lowest BCUT2D eigenvalue weighted by Gasteiger charge is -2.13. The zero-order valence-corrected chi connectivity index (χ0v) is 24.2. The first kappa shape index (κ1) is 27.2. The molecule has 0 fully saturated rings. The van der Waals surface area contributed by atoms with E-state index in [-0.39, 0.29) is 0 Å². The molecule has 0 aliphatic carbocycles. The zero-order valence-electron chi connectivity index (χ0n) is 24.2. The lowest BCUT2D eigenvalue weighted by Crippen LogP contribution is -1.98. The average molecular weight is 541 g/mol. The highest BCUT2D eigenvalue weighted by Crippen LogP contribution is 2.27. The molecule has 0 heteroatoms. The van der Waals surface area contributed by atoms with Crippen molar-refractivity contribution in [3.8, 4) is 0 Å². The van der Waals surface area contributed by atoms with E-state index in [0.717, 1.165) is 36.8 Å². The summed E-state index contributed by atoms with van der Waals surface area (Å²) < 4.78 is 0. The van der Waals surface area contributed by atoms with E-state index >= 15 is 0 Å². The SMILES string of the molecule is C=C(Cc1cccc(C(=C)Cc2cccc3ccccc23)c1)Cc1cccc(C(=C)Cc2cccc3ccccc23)c1. The molecule has 0 unspecified atom stereocenters. The van der Waals surface area contributed by atoms with Gasteiger partial charge in [0.1, 0.15) is 0 Å². The molecular formula is C42H36. The van der Waals surface area contributed by atoms with Crippen molar-refractivity contribution in [2.75, 3.05) is 0 Å². The standard InChI is InChI=1S/C42H36/c1-30(24-33-12-8-18-37(28-33)31(2)26-39-20-10-16-35-14-4-6-22-41(35)39)25-34-13-9-19-38(29-34)32(3)27-40-21-11-17-36-15-5-7-23-42(36)40/h4-23,28-29H,1-3,24-27H2. The van der Waals surface area contributed by atoms with Gasteiger partial charge in [0.05, 0.1) is 0 Å². The predicted octanol–water partition coefficient (Wildman–Crippen LogP) is 10.8. The number of allylic oxidation sites excluding steroid dienone is 3. The summed E-state index contributed by atoms with van der Waals surface area (Å²) in [6.45, 7) is 13.4. The van der Waals surface area contributed by atoms with Gasteiger partial charge in [0.15, 0.2) is 0 Å². The molecule has 0 atom stereocenters. The molecule has 6 aromatic rings. The molecule has 0 aromatic heterocycles. The minimum atomic E-state index is 0.835. The fourth-order valence-corrected chi connectivity index (χ4v) is 6.00. The van der Waals surface area contributed by atoms with Gasteiger partial charge in [-0.15, -0.1) is 0 Å².